The molecule has 0 radical (unpaired) electrons. The molecule has 0 saturated carbocycles. The van der Waals surface area contributed by atoms with E-state index in [4.69, 9.17) is 4.74 Å². The van der Waals surface area contributed by atoms with E-state index >= 15 is 0 Å². The predicted molar refractivity (Wildman–Crippen MR) is 54.8 cm³/mol. The fraction of sp³-hybridized carbons (Fsp3) is 0.455. The molecule has 0 heterocycles. The molecule has 1 aromatic carbocycles. The smallest absolute Gasteiger partial charge is 0.119 e. The standard InChI is InChI=1S/C11H16O3/c1-11(2,7-12)9-6-8(14-3)4-5-10(9)13/h4-6,12-13H,7H2,1-3H3. The number of aliphatic hydroxyl groups excluding tert-OH is 1. The lowest BCUT2D eigenvalue weighted by atomic mass is 9.85. The maximum atomic E-state index is 9.63. The van der Waals surface area contributed by atoms with E-state index in [1.54, 1.807) is 25.3 Å². The van der Waals surface area contributed by atoms with Crippen molar-refractivity contribution in [2.75, 3.05) is 13.7 Å². The first-order chi connectivity index (χ1) is 6.51. The summed E-state index contributed by atoms with van der Waals surface area (Å²) in [4.78, 5) is 0. The summed E-state index contributed by atoms with van der Waals surface area (Å²) in [6.07, 6.45) is 0. The molecule has 78 valence electrons. The maximum Gasteiger partial charge on any atom is 0.119 e. The quantitative estimate of drug-likeness (QED) is 0.773. The lowest BCUT2D eigenvalue weighted by Crippen LogP contribution is -2.22. The number of hydrogen-bond donors (Lipinski definition) is 2. The van der Waals surface area contributed by atoms with E-state index in [2.05, 4.69) is 0 Å². The van der Waals surface area contributed by atoms with Gasteiger partial charge in [0.05, 0.1) is 13.7 Å². The number of phenolic OH excluding ortho intramolecular Hbond substituents is 1. The fourth-order valence-electron chi connectivity index (χ4n) is 1.27. The molecule has 0 fully saturated rings. The Bertz CT molecular complexity index is 318. The molecule has 0 saturated heterocycles. The van der Waals surface area contributed by atoms with Crippen LogP contribution in [-0.2, 0) is 5.41 Å². The first-order valence-corrected chi connectivity index (χ1v) is 4.49. The van der Waals surface area contributed by atoms with Crippen LogP contribution in [0.5, 0.6) is 11.5 Å². The molecule has 1 rings (SSSR count). The Morgan fingerprint density at radius 2 is 2.00 bits per heavy atom. The van der Waals surface area contributed by atoms with Crippen LogP contribution in [0.3, 0.4) is 0 Å². The van der Waals surface area contributed by atoms with E-state index in [-0.39, 0.29) is 12.4 Å². The molecule has 2 N–H and O–H groups in total. The molecular weight excluding hydrogens is 180 g/mol. The number of aromatic hydroxyl groups is 1. The average Bonchev–Trinajstić information content (AvgIpc) is 2.18. The lowest BCUT2D eigenvalue weighted by molar-refractivity contribution is 0.215. The first kappa shape index (κ1) is 10.9. The Morgan fingerprint density at radius 3 is 2.50 bits per heavy atom. The average molecular weight is 196 g/mol. The van der Waals surface area contributed by atoms with Gasteiger partial charge in [-0.2, -0.15) is 0 Å². The molecule has 0 aliphatic rings. The van der Waals surface area contributed by atoms with Crippen molar-refractivity contribution in [1.29, 1.82) is 0 Å². The topological polar surface area (TPSA) is 49.7 Å². The van der Waals surface area contributed by atoms with E-state index in [9.17, 15) is 10.2 Å². The van der Waals surface area contributed by atoms with Gasteiger partial charge in [-0.25, -0.2) is 0 Å². The zero-order chi connectivity index (χ0) is 10.8. The van der Waals surface area contributed by atoms with Gasteiger partial charge >= 0.3 is 0 Å². The maximum absolute atomic E-state index is 9.63. The highest BCUT2D eigenvalue weighted by Crippen LogP contribution is 2.33. The molecule has 0 spiro atoms. The summed E-state index contributed by atoms with van der Waals surface area (Å²) in [5.41, 5.74) is 0.234. The second-order valence-corrected chi connectivity index (χ2v) is 3.93. The van der Waals surface area contributed by atoms with Crippen LogP contribution in [0.1, 0.15) is 19.4 Å². The molecule has 0 aliphatic carbocycles. The first-order valence-electron chi connectivity index (χ1n) is 4.49. The van der Waals surface area contributed by atoms with Crippen molar-refractivity contribution >= 4 is 0 Å². The SMILES string of the molecule is COc1ccc(O)c(C(C)(C)CO)c1. The number of phenols is 1. The Balaban J connectivity index is 3.18. The van der Waals surface area contributed by atoms with Gasteiger partial charge in [0.1, 0.15) is 11.5 Å². The number of hydrogen-bond acceptors (Lipinski definition) is 3. The van der Waals surface area contributed by atoms with Crippen LogP contribution < -0.4 is 4.74 Å². The highest BCUT2D eigenvalue weighted by Gasteiger charge is 2.23. The summed E-state index contributed by atoms with van der Waals surface area (Å²) in [5.74, 6) is 0.865. The van der Waals surface area contributed by atoms with Gasteiger partial charge in [-0.1, -0.05) is 13.8 Å². The molecule has 3 nitrogen and oxygen atoms in total. The van der Waals surface area contributed by atoms with Crippen molar-refractivity contribution in [2.45, 2.75) is 19.3 Å². The third-order valence-electron chi connectivity index (χ3n) is 2.33. The molecular formula is C11H16O3. The number of ether oxygens (including phenoxy) is 1. The van der Waals surface area contributed by atoms with E-state index < -0.39 is 5.41 Å². The normalized spacial score (nSPS) is 11.4. The van der Waals surface area contributed by atoms with Crippen molar-refractivity contribution in [2.24, 2.45) is 0 Å². The fourth-order valence-corrected chi connectivity index (χ4v) is 1.27. The van der Waals surface area contributed by atoms with Gasteiger partial charge in [0.25, 0.3) is 0 Å². The number of rotatable bonds is 3. The molecule has 0 unspecified atom stereocenters. The van der Waals surface area contributed by atoms with E-state index in [1.165, 1.54) is 0 Å². The van der Waals surface area contributed by atoms with Crippen LogP contribution >= 0.6 is 0 Å². The van der Waals surface area contributed by atoms with Gasteiger partial charge in [-0.15, -0.1) is 0 Å². The van der Waals surface area contributed by atoms with Gasteiger partial charge in [0.15, 0.2) is 0 Å². The van der Waals surface area contributed by atoms with Crippen LogP contribution in [-0.4, -0.2) is 23.9 Å². The molecule has 0 amide bonds. The summed E-state index contributed by atoms with van der Waals surface area (Å²) < 4.78 is 5.06. The monoisotopic (exact) mass is 196 g/mol. The van der Waals surface area contributed by atoms with Gasteiger partial charge in [0.2, 0.25) is 0 Å². The molecule has 0 bridgehead atoms. The zero-order valence-corrected chi connectivity index (χ0v) is 8.74. The van der Waals surface area contributed by atoms with Crippen molar-refractivity contribution in [3.8, 4) is 11.5 Å². The minimum Gasteiger partial charge on any atom is -0.508 e. The Labute approximate surface area is 84.0 Å². The van der Waals surface area contributed by atoms with Crippen molar-refractivity contribution in [3.63, 3.8) is 0 Å². The van der Waals surface area contributed by atoms with Gasteiger partial charge in [-0.3, -0.25) is 0 Å². The van der Waals surface area contributed by atoms with Crippen LogP contribution in [0.15, 0.2) is 18.2 Å². The van der Waals surface area contributed by atoms with E-state index in [0.717, 1.165) is 0 Å². The van der Waals surface area contributed by atoms with Crippen LogP contribution in [0.2, 0.25) is 0 Å². The van der Waals surface area contributed by atoms with Crippen molar-refractivity contribution < 1.29 is 14.9 Å². The zero-order valence-electron chi connectivity index (χ0n) is 8.74. The highest BCUT2D eigenvalue weighted by molar-refractivity contribution is 5.43. The lowest BCUT2D eigenvalue weighted by Gasteiger charge is -2.23. The number of aliphatic hydroxyl groups is 1. The largest absolute Gasteiger partial charge is 0.508 e. The molecule has 14 heavy (non-hydrogen) atoms. The summed E-state index contributed by atoms with van der Waals surface area (Å²) >= 11 is 0. The Kier molecular flexibility index (Phi) is 3.01. The van der Waals surface area contributed by atoms with Crippen LogP contribution in [0.4, 0.5) is 0 Å². The summed E-state index contributed by atoms with van der Waals surface area (Å²) in [6.45, 7) is 3.71. The number of benzene rings is 1. The van der Waals surface area contributed by atoms with Crippen LogP contribution in [0, 0.1) is 0 Å². The van der Waals surface area contributed by atoms with E-state index in [0.29, 0.717) is 11.3 Å². The molecule has 0 aliphatic heterocycles. The van der Waals surface area contributed by atoms with Gasteiger partial charge in [-0.05, 0) is 18.2 Å². The van der Waals surface area contributed by atoms with Crippen molar-refractivity contribution in [3.05, 3.63) is 23.8 Å². The summed E-state index contributed by atoms with van der Waals surface area (Å²) in [5, 5.41) is 18.8. The molecule has 0 atom stereocenters. The third-order valence-corrected chi connectivity index (χ3v) is 2.33. The Morgan fingerprint density at radius 1 is 1.36 bits per heavy atom. The molecule has 1 aromatic rings. The van der Waals surface area contributed by atoms with Gasteiger partial charge in [0, 0.05) is 11.0 Å². The third kappa shape index (κ3) is 1.99. The Hall–Kier alpha value is -1.22. The van der Waals surface area contributed by atoms with Crippen molar-refractivity contribution in [1.82, 2.24) is 0 Å². The molecule has 0 aromatic heterocycles. The summed E-state index contributed by atoms with van der Waals surface area (Å²) in [7, 11) is 1.57. The van der Waals surface area contributed by atoms with Crippen LogP contribution in [0.25, 0.3) is 0 Å². The summed E-state index contributed by atoms with van der Waals surface area (Å²) in [6, 6.07) is 5.00. The minimum absolute atomic E-state index is 0.0201. The second-order valence-electron chi connectivity index (χ2n) is 3.93. The second kappa shape index (κ2) is 3.88. The predicted octanol–water partition coefficient (Wildman–Crippen LogP) is 1.67. The van der Waals surface area contributed by atoms with E-state index in [1.807, 2.05) is 13.8 Å². The van der Waals surface area contributed by atoms with Gasteiger partial charge < -0.3 is 14.9 Å². The minimum atomic E-state index is -0.460. The molecule has 3 heteroatoms. The highest BCUT2D eigenvalue weighted by atomic mass is 16.5. The number of methoxy groups -OCH3 is 1.